The number of nitrogens with zero attached hydrogens (tertiary/aromatic N) is 2. The normalized spacial score (nSPS) is 10.8. The van der Waals surface area contributed by atoms with Gasteiger partial charge in [-0.15, -0.1) is 0 Å². The van der Waals surface area contributed by atoms with Gasteiger partial charge in [0.15, 0.2) is 5.65 Å². The zero-order valence-corrected chi connectivity index (χ0v) is 11.7. The van der Waals surface area contributed by atoms with Crippen molar-refractivity contribution in [2.24, 2.45) is 0 Å². The summed E-state index contributed by atoms with van der Waals surface area (Å²) in [4.78, 5) is 16.3. The summed E-state index contributed by atoms with van der Waals surface area (Å²) in [5, 5.41) is 10.4. The number of H-pyrrole nitrogens is 1. The van der Waals surface area contributed by atoms with Gasteiger partial charge in [0.25, 0.3) is 5.91 Å². The van der Waals surface area contributed by atoms with Gasteiger partial charge in [0.05, 0.1) is 22.5 Å². The molecule has 7 heteroatoms. The Morgan fingerprint density at radius 3 is 2.95 bits per heavy atom. The van der Waals surface area contributed by atoms with Crippen molar-refractivity contribution in [3.63, 3.8) is 0 Å². The molecule has 0 saturated carbocycles. The number of aromatic amines is 1. The van der Waals surface area contributed by atoms with Gasteiger partial charge in [0, 0.05) is 11.1 Å². The van der Waals surface area contributed by atoms with Crippen LogP contribution >= 0.6 is 11.6 Å². The van der Waals surface area contributed by atoms with E-state index in [1.165, 1.54) is 18.3 Å². The van der Waals surface area contributed by atoms with Crippen LogP contribution in [0, 0.1) is 12.7 Å². The number of amides is 1. The van der Waals surface area contributed by atoms with Gasteiger partial charge in [0.1, 0.15) is 5.82 Å². The van der Waals surface area contributed by atoms with E-state index in [9.17, 15) is 9.18 Å². The Morgan fingerprint density at radius 1 is 1.38 bits per heavy atom. The molecule has 0 aliphatic rings. The molecule has 0 bridgehead atoms. The van der Waals surface area contributed by atoms with Crippen molar-refractivity contribution in [3.8, 4) is 0 Å². The average molecular weight is 305 g/mol. The average Bonchev–Trinajstić information content (AvgIpc) is 2.80. The highest BCUT2D eigenvalue weighted by molar-refractivity contribution is 6.34. The molecule has 3 aromatic rings. The molecular formula is C14H10ClFN4O. The first kappa shape index (κ1) is 13.5. The van der Waals surface area contributed by atoms with Crippen LogP contribution in [0.25, 0.3) is 11.0 Å². The molecule has 0 aliphatic carbocycles. The van der Waals surface area contributed by atoms with Gasteiger partial charge >= 0.3 is 0 Å². The number of aromatic nitrogens is 3. The summed E-state index contributed by atoms with van der Waals surface area (Å²) in [7, 11) is 0. The van der Waals surface area contributed by atoms with Crippen LogP contribution in [0.15, 0.2) is 30.5 Å². The van der Waals surface area contributed by atoms with Crippen LogP contribution in [-0.4, -0.2) is 21.1 Å². The van der Waals surface area contributed by atoms with E-state index in [-0.39, 0.29) is 10.6 Å². The number of benzene rings is 1. The topological polar surface area (TPSA) is 70.7 Å². The van der Waals surface area contributed by atoms with Crippen molar-refractivity contribution in [1.82, 2.24) is 15.2 Å². The minimum absolute atomic E-state index is 0.0565. The number of fused-ring (bicyclic) bond motifs is 1. The summed E-state index contributed by atoms with van der Waals surface area (Å²) in [5.41, 5.74) is 2.14. The van der Waals surface area contributed by atoms with Crippen LogP contribution in [0.4, 0.5) is 10.1 Å². The van der Waals surface area contributed by atoms with Gasteiger partial charge in [-0.2, -0.15) is 5.10 Å². The number of hydrogen-bond acceptors (Lipinski definition) is 3. The van der Waals surface area contributed by atoms with E-state index >= 15 is 0 Å². The summed E-state index contributed by atoms with van der Waals surface area (Å²) >= 11 is 5.86. The van der Waals surface area contributed by atoms with Gasteiger partial charge in [-0.3, -0.25) is 9.89 Å². The molecule has 3 rings (SSSR count). The zero-order valence-electron chi connectivity index (χ0n) is 10.9. The fourth-order valence-corrected chi connectivity index (χ4v) is 2.21. The molecule has 106 valence electrons. The lowest BCUT2D eigenvalue weighted by Gasteiger charge is -2.06. The number of nitrogens with one attached hydrogen (secondary N) is 2. The van der Waals surface area contributed by atoms with Crippen molar-refractivity contribution >= 4 is 34.2 Å². The van der Waals surface area contributed by atoms with Crippen molar-refractivity contribution in [1.29, 1.82) is 0 Å². The highest BCUT2D eigenvalue weighted by atomic mass is 35.5. The molecule has 0 aliphatic heterocycles. The maximum Gasteiger partial charge on any atom is 0.257 e. The Morgan fingerprint density at radius 2 is 2.19 bits per heavy atom. The second-order valence-electron chi connectivity index (χ2n) is 4.52. The first-order chi connectivity index (χ1) is 10.0. The summed E-state index contributed by atoms with van der Waals surface area (Å²) in [6, 6.07) is 5.37. The Labute approximate surface area is 124 Å². The lowest BCUT2D eigenvalue weighted by atomic mass is 10.2. The number of carbonyl (C=O) groups is 1. The number of hydrogen-bond donors (Lipinski definition) is 2. The minimum Gasteiger partial charge on any atom is -0.321 e. The zero-order chi connectivity index (χ0) is 15.0. The molecule has 0 saturated heterocycles. The van der Waals surface area contributed by atoms with E-state index in [2.05, 4.69) is 20.5 Å². The summed E-state index contributed by atoms with van der Waals surface area (Å²) in [5.74, 6) is -0.920. The fourth-order valence-electron chi connectivity index (χ4n) is 1.96. The minimum atomic E-state index is -0.492. The first-order valence-corrected chi connectivity index (χ1v) is 6.49. The Balaban J connectivity index is 1.90. The van der Waals surface area contributed by atoms with E-state index in [1.54, 1.807) is 6.07 Å². The molecule has 0 radical (unpaired) electrons. The molecular weight excluding hydrogens is 295 g/mol. The van der Waals surface area contributed by atoms with E-state index in [0.29, 0.717) is 11.3 Å². The van der Waals surface area contributed by atoms with Crippen molar-refractivity contribution in [3.05, 3.63) is 52.6 Å². The molecule has 1 amide bonds. The van der Waals surface area contributed by atoms with E-state index in [4.69, 9.17) is 11.6 Å². The molecule has 0 unspecified atom stereocenters. The quantitative estimate of drug-likeness (QED) is 0.763. The first-order valence-electron chi connectivity index (χ1n) is 6.12. The van der Waals surface area contributed by atoms with E-state index in [0.717, 1.165) is 17.1 Å². The molecule has 0 atom stereocenters. The van der Waals surface area contributed by atoms with Gasteiger partial charge in [-0.05, 0) is 31.2 Å². The maximum atomic E-state index is 13.0. The molecule has 2 aromatic heterocycles. The van der Waals surface area contributed by atoms with Crippen LogP contribution in [-0.2, 0) is 0 Å². The second-order valence-corrected chi connectivity index (χ2v) is 4.93. The molecule has 5 nitrogen and oxygen atoms in total. The number of anilines is 1. The van der Waals surface area contributed by atoms with Crippen LogP contribution in [0.1, 0.15) is 16.1 Å². The predicted molar refractivity (Wildman–Crippen MR) is 78.0 cm³/mol. The molecule has 2 N–H and O–H groups in total. The fraction of sp³-hybridized carbons (Fsp3) is 0.0714. The third kappa shape index (κ3) is 2.57. The summed E-state index contributed by atoms with van der Waals surface area (Å²) in [6.45, 7) is 1.86. The lowest BCUT2D eigenvalue weighted by molar-refractivity contribution is 0.102. The van der Waals surface area contributed by atoms with Crippen molar-refractivity contribution < 1.29 is 9.18 Å². The number of rotatable bonds is 2. The largest absolute Gasteiger partial charge is 0.321 e. The standard InChI is InChI=1S/C14H10ClFN4O/c1-7-11-5-9(6-17-13(11)20-19-7)18-14(21)10-3-2-8(16)4-12(10)15/h2-6H,1H3,(H,18,21)(H,17,19,20). The van der Waals surface area contributed by atoms with Gasteiger partial charge in [0.2, 0.25) is 0 Å². The van der Waals surface area contributed by atoms with Crippen LogP contribution in [0.3, 0.4) is 0 Å². The smallest absolute Gasteiger partial charge is 0.257 e. The van der Waals surface area contributed by atoms with Gasteiger partial charge in [-0.1, -0.05) is 11.6 Å². The summed E-state index contributed by atoms with van der Waals surface area (Å²) in [6.07, 6.45) is 1.50. The summed E-state index contributed by atoms with van der Waals surface area (Å²) < 4.78 is 13.0. The van der Waals surface area contributed by atoms with Crippen molar-refractivity contribution in [2.45, 2.75) is 6.92 Å². The molecule has 2 heterocycles. The number of aryl methyl sites for hydroxylation is 1. The molecule has 21 heavy (non-hydrogen) atoms. The SMILES string of the molecule is Cc1[nH]nc2ncc(NC(=O)c3ccc(F)cc3Cl)cc12. The number of carbonyl (C=O) groups excluding carboxylic acids is 1. The van der Waals surface area contributed by atoms with E-state index < -0.39 is 11.7 Å². The van der Waals surface area contributed by atoms with Gasteiger partial charge < -0.3 is 5.32 Å². The predicted octanol–water partition coefficient (Wildman–Crippen LogP) is 3.31. The highest BCUT2D eigenvalue weighted by Crippen LogP contribution is 2.21. The molecule has 1 aromatic carbocycles. The highest BCUT2D eigenvalue weighted by Gasteiger charge is 2.12. The third-order valence-electron chi connectivity index (χ3n) is 3.03. The number of pyridine rings is 1. The molecule has 0 fully saturated rings. The van der Waals surface area contributed by atoms with E-state index in [1.807, 2.05) is 6.92 Å². The maximum absolute atomic E-state index is 13.0. The Kier molecular flexibility index (Phi) is 3.31. The van der Waals surface area contributed by atoms with Crippen LogP contribution in [0.2, 0.25) is 5.02 Å². The molecule has 0 spiro atoms. The second kappa shape index (κ2) is 5.14. The Bertz CT molecular complexity index is 846. The number of halogens is 2. The Hall–Kier alpha value is -2.47. The third-order valence-corrected chi connectivity index (χ3v) is 3.35. The van der Waals surface area contributed by atoms with Crippen LogP contribution < -0.4 is 5.32 Å². The van der Waals surface area contributed by atoms with Crippen LogP contribution in [0.5, 0.6) is 0 Å². The lowest BCUT2D eigenvalue weighted by Crippen LogP contribution is -2.12. The van der Waals surface area contributed by atoms with Gasteiger partial charge in [-0.25, -0.2) is 9.37 Å². The van der Waals surface area contributed by atoms with Crippen molar-refractivity contribution in [2.75, 3.05) is 5.32 Å². The monoisotopic (exact) mass is 304 g/mol.